The molecule has 0 aliphatic heterocycles. The smallest absolute Gasteiger partial charge is 0.228 e. The predicted molar refractivity (Wildman–Crippen MR) is 81.8 cm³/mol. The molecule has 0 aromatic heterocycles. The molecule has 0 unspecified atom stereocenters. The molecule has 2 aromatic rings. The normalized spacial score (nSPS) is 10.2. The number of benzene rings is 2. The van der Waals surface area contributed by atoms with E-state index in [1.807, 2.05) is 12.1 Å². The number of nitrogens with one attached hydrogen (secondary N) is 1. The lowest BCUT2D eigenvalue weighted by Crippen LogP contribution is -2.14. The van der Waals surface area contributed by atoms with E-state index in [1.165, 1.54) is 0 Å². The maximum atomic E-state index is 12.0. The summed E-state index contributed by atoms with van der Waals surface area (Å²) in [4.78, 5) is 12.0. The Hall–Kier alpha value is -1.71. The van der Waals surface area contributed by atoms with Gasteiger partial charge in [-0.05, 0) is 29.8 Å². The van der Waals surface area contributed by atoms with Crippen LogP contribution in [0.3, 0.4) is 0 Å². The van der Waals surface area contributed by atoms with Crippen LogP contribution in [0.25, 0.3) is 0 Å². The van der Waals surface area contributed by atoms with E-state index in [0.29, 0.717) is 21.5 Å². The van der Waals surface area contributed by atoms with Crippen LogP contribution < -0.4 is 10.1 Å². The number of anilines is 1. The van der Waals surface area contributed by atoms with Gasteiger partial charge in [0.15, 0.2) is 0 Å². The number of ether oxygens (including phenoxy) is 1. The molecule has 0 aliphatic carbocycles. The zero-order valence-electron chi connectivity index (χ0n) is 10.8. The van der Waals surface area contributed by atoms with Crippen molar-refractivity contribution in [1.82, 2.24) is 0 Å². The van der Waals surface area contributed by atoms with Crippen molar-refractivity contribution in [2.75, 3.05) is 12.4 Å². The van der Waals surface area contributed by atoms with Gasteiger partial charge in [0, 0.05) is 11.1 Å². The Morgan fingerprint density at radius 1 is 1.15 bits per heavy atom. The molecule has 3 nitrogen and oxygen atoms in total. The molecule has 0 atom stereocenters. The molecule has 0 radical (unpaired) electrons. The monoisotopic (exact) mass is 309 g/mol. The van der Waals surface area contributed by atoms with E-state index in [9.17, 15) is 4.79 Å². The molecular formula is C15H13Cl2NO2. The van der Waals surface area contributed by atoms with Crippen molar-refractivity contribution in [2.24, 2.45) is 0 Å². The third-order valence-corrected chi connectivity index (χ3v) is 3.31. The van der Waals surface area contributed by atoms with Crippen molar-refractivity contribution < 1.29 is 9.53 Å². The minimum atomic E-state index is -0.150. The number of carbonyl (C=O) groups excluding carboxylic acids is 1. The lowest BCUT2D eigenvalue weighted by atomic mass is 10.1. The topological polar surface area (TPSA) is 38.3 Å². The number of hydrogen-bond acceptors (Lipinski definition) is 2. The van der Waals surface area contributed by atoms with Crippen molar-refractivity contribution in [3.63, 3.8) is 0 Å². The van der Waals surface area contributed by atoms with Gasteiger partial charge in [-0.1, -0.05) is 35.3 Å². The number of carbonyl (C=O) groups is 1. The molecule has 0 saturated heterocycles. The van der Waals surface area contributed by atoms with Gasteiger partial charge in [0.1, 0.15) is 5.75 Å². The summed E-state index contributed by atoms with van der Waals surface area (Å²) in [5.41, 5.74) is 1.41. The fourth-order valence-electron chi connectivity index (χ4n) is 1.71. The summed E-state index contributed by atoms with van der Waals surface area (Å²) >= 11 is 11.8. The Morgan fingerprint density at radius 2 is 1.85 bits per heavy atom. The summed E-state index contributed by atoms with van der Waals surface area (Å²) in [6.45, 7) is 0. The van der Waals surface area contributed by atoms with Crippen LogP contribution in [-0.2, 0) is 11.2 Å². The highest BCUT2D eigenvalue weighted by Gasteiger charge is 2.08. The van der Waals surface area contributed by atoms with Crippen LogP contribution in [0.2, 0.25) is 10.0 Å². The molecule has 0 heterocycles. The van der Waals surface area contributed by atoms with Gasteiger partial charge in [0.25, 0.3) is 0 Å². The summed E-state index contributed by atoms with van der Waals surface area (Å²) in [6, 6.07) is 12.2. The molecule has 5 heteroatoms. The lowest BCUT2D eigenvalue weighted by molar-refractivity contribution is -0.115. The third-order valence-electron chi connectivity index (χ3n) is 2.73. The molecular weight excluding hydrogens is 297 g/mol. The Bertz CT molecular complexity index is 612. The summed E-state index contributed by atoms with van der Waals surface area (Å²) in [5.74, 6) is 0.485. The maximum absolute atomic E-state index is 12.0. The largest absolute Gasteiger partial charge is 0.497 e. The van der Waals surface area contributed by atoms with Crippen molar-refractivity contribution >= 4 is 34.8 Å². The van der Waals surface area contributed by atoms with Crippen LogP contribution in [0.15, 0.2) is 42.5 Å². The molecule has 0 fully saturated rings. The number of halogens is 2. The van der Waals surface area contributed by atoms with Gasteiger partial charge in [-0.25, -0.2) is 0 Å². The van der Waals surface area contributed by atoms with Crippen LogP contribution in [0.1, 0.15) is 5.56 Å². The van der Waals surface area contributed by atoms with E-state index >= 15 is 0 Å². The van der Waals surface area contributed by atoms with Gasteiger partial charge in [0.05, 0.1) is 24.2 Å². The highest BCUT2D eigenvalue weighted by atomic mass is 35.5. The molecule has 0 saturated carbocycles. The first kappa shape index (κ1) is 14.7. The SMILES string of the molecule is COc1ccc(Cl)c(NC(=O)Cc2ccc(Cl)cc2)c1. The molecule has 0 aliphatic rings. The number of methoxy groups -OCH3 is 1. The second-order valence-electron chi connectivity index (χ2n) is 4.20. The predicted octanol–water partition coefficient (Wildman–Crippen LogP) is 4.18. The van der Waals surface area contributed by atoms with Crippen LogP contribution in [0.5, 0.6) is 5.75 Å². The van der Waals surface area contributed by atoms with Gasteiger partial charge >= 0.3 is 0 Å². The maximum Gasteiger partial charge on any atom is 0.228 e. The van der Waals surface area contributed by atoms with Gasteiger partial charge < -0.3 is 10.1 Å². The van der Waals surface area contributed by atoms with Crippen molar-refractivity contribution in [3.8, 4) is 5.75 Å². The third kappa shape index (κ3) is 3.89. The van der Waals surface area contributed by atoms with Crippen molar-refractivity contribution in [1.29, 1.82) is 0 Å². The molecule has 104 valence electrons. The second kappa shape index (κ2) is 6.64. The number of amides is 1. The highest BCUT2D eigenvalue weighted by Crippen LogP contribution is 2.26. The summed E-state index contributed by atoms with van der Waals surface area (Å²) in [7, 11) is 1.56. The second-order valence-corrected chi connectivity index (χ2v) is 5.04. The van der Waals surface area contributed by atoms with E-state index in [-0.39, 0.29) is 12.3 Å². The van der Waals surface area contributed by atoms with E-state index in [1.54, 1.807) is 37.4 Å². The van der Waals surface area contributed by atoms with Crippen LogP contribution in [0.4, 0.5) is 5.69 Å². The standard InChI is InChI=1S/C15H13Cl2NO2/c1-20-12-6-7-13(17)14(9-12)18-15(19)8-10-2-4-11(16)5-3-10/h2-7,9H,8H2,1H3,(H,18,19). The first-order valence-electron chi connectivity index (χ1n) is 5.96. The van der Waals surface area contributed by atoms with Gasteiger partial charge in [-0.3, -0.25) is 4.79 Å². The van der Waals surface area contributed by atoms with Crippen LogP contribution >= 0.6 is 23.2 Å². The molecule has 1 amide bonds. The quantitative estimate of drug-likeness (QED) is 0.920. The average Bonchev–Trinajstić information content (AvgIpc) is 2.44. The molecule has 2 aromatic carbocycles. The van der Waals surface area contributed by atoms with Gasteiger partial charge in [-0.15, -0.1) is 0 Å². The zero-order chi connectivity index (χ0) is 14.5. The van der Waals surface area contributed by atoms with Crippen molar-refractivity contribution in [3.05, 3.63) is 58.1 Å². The summed E-state index contributed by atoms with van der Waals surface area (Å²) in [6.07, 6.45) is 0.255. The highest BCUT2D eigenvalue weighted by molar-refractivity contribution is 6.33. The summed E-state index contributed by atoms with van der Waals surface area (Å²) in [5, 5.41) is 3.88. The molecule has 2 rings (SSSR count). The lowest BCUT2D eigenvalue weighted by Gasteiger charge is -2.09. The molecule has 0 bridgehead atoms. The van der Waals surface area contributed by atoms with E-state index in [0.717, 1.165) is 5.56 Å². The Kier molecular flexibility index (Phi) is 4.88. The molecule has 20 heavy (non-hydrogen) atoms. The summed E-state index contributed by atoms with van der Waals surface area (Å²) < 4.78 is 5.10. The fourth-order valence-corrected chi connectivity index (χ4v) is 2.00. The molecule has 0 spiro atoms. The minimum Gasteiger partial charge on any atom is -0.497 e. The van der Waals surface area contributed by atoms with Crippen LogP contribution in [-0.4, -0.2) is 13.0 Å². The fraction of sp³-hybridized carbons (Fsp3) is 0.133. The first-order valence-corrected chi connectivity index (χ1v) is 6.72. The van der Waals surface area contributed by atoms with E-state index in [2.05, 4.69) is 5.32 Å². The molecule has 1 N–H and O–H groups in total. The Labute approximate surface area is 127 Å². The van der Waals surface area contributed by atoms with E-state index in [4.69, 9.17) is 27.9 Å². The Morgan fingerprint density at radius 3 is 2.50 bits per heavy atom. The van der Waals surface area contributed by atoms with Crippen LogP contribution in [0, 0.1) is 0 Å². The zero-order valence-corrected chi connectivity index (χ0v) is 12.3. The van der Waals surface area contributed by atoms with E-state index < -0.39 is 0 Å². The van der Waals surface area contributed by atoms with Crippen molar-refractivity contribution in [2.45, 2.75) is 6.42 Å². The van der Waals surface area contributed by atoms with Gasteiger partial charge in [0.2, 0.25) is 5.91 Å². The number of rotatable bonds is 4. The average molecular weight is 310 g/mol. The first-order chi connectivity index (χ1) is 9.58. The minimum absolute atomic E-state index is 0.150. The number of hydrogen-bond donors (Lipinski definition) is 1. The Balaban J connectivity index is 2.06. The van der Waals surface area contributed by atoms with Gasteiger partial charge in [-0.2, -0.15) is 0 Å².